The highest BCUT2D eigenvalue weighted by Gasteiger charge is 2.30. The van der Waals surface area contributed by atoms with Gasteiger partial charge in [-0.15, -0.1) is 5.10 Å². The van der Waals surface area contributed by atoms with Crippen molar-refractivity contribution < 1.29 is 14.3 Å². The lowest BCUT2D eigenvalue weighted by molar-refractivity contribution is -0.135. The molecule has 0 spiro atoms. The van der Waals surface area contributed by atoms with Crippen LogP contribution in [0.5, 0.6) is 11.5 Å². The Bertz CT molecular complexity index is 1220. The van der Waals surface area contributed by atoms with Gasteiger partial charge in [-0.2, -0.15) is 4.52 Å². The van der Waals surface area contributed by atoms with E-state index in [1.807, 2.05) is 17.0 Å². The normalized spacial score (nSPS) is 19.0. The van der Waals surface area contributed by atoms with Crippen molar-refractivity contribution in [1.29, 1.82) is 0 Å². The van der Waals surface area contributed by atoms with Crippen LogP contribution >= 0.6 is 0 Å². The van der Waals surface area contributed by atoms with Crippen LogP contribution in [0.25, 0.3) is 11.2 Å². The molecule has 0 N–H and O–H groups in total. The molecule has 6 rings (SSSR count). The zero-order valence-electron chi connectivity index (χ0n) is 18.3. The fraction of sp³-hybridized carbons (Fsp3) is 0.435. The van der Waals surface area contributed by atoms with Crippen molar-refractivity contribution >= 4 is 22.9 Å². The topological polar surface area (TPSA) is 98.0 Å². The number of ether oxygens (including phenoxy) is 2. The summed E-state index contributed by atoms with van der Waals surface area (Å²) in [4.78, 5) is 21.6. The fourth-order valence-corrected chi connectivity index (χ4v) is 4.87. The molecule has 3 aliphatic heterocycles. The molecular weight excluding hydrogens is 422 g/mol. The van der Waals surface area contributed by atoms with Crippen LogP contribution in [0, 0.1) is 5.92 Å². The molecule has 1 amide bonds. The molecule has 3 aliphatic rings. The van der Waals surface area contributed by atoms with Crippen molar-refractivity contribution in [3.05, 3.63) is 42.2 Å². The standard InChI is InChI=1S/C23H25N7O3/c31-23(17-5-7-28(8-6-17)22-15-24-14-21-25-26-27-30(21)22)29-9-3-16(4-10-29)18-1-2-19-20(13-18)33-12-11-32-19/h1-3,13-15,17H,4-12H2. The molecule has 2 aromatic heterocycles. The summed E-state index contributed by atoms with van der Waals surface area (Å²) in [6.45, 7) is 4.13. The first kappa shape index (κ1) is 20.0. The molecule has 170 valence electrons. The number of anilines is 1. The van der Waals surface area contributed by atoms with Crippen molar-refractivity contribution in [3.63, 3.8) is 0 Å². The van der Waals surface area contributed by atoms with E-state index in [1.54, 1.807) is 16.9 Å². The summed E-state index contributed by atoms with van der Waals surface area (Å²) >= 11 is 0. The number of carbonyl (C=O) groups is 1. The van der Waals surface area contributed by atoms with E-state index in [2.05, 4.69) is 37.6 Å². The molecular formula is C23H25N7O3. The van der Waals surface area contributed by atoms with Gasteiger partial charge in [0.15, 0.2) is 23.0 Å². The number of amides is 1. The molecule has 10 nitrogen and oxygen atoms in total. The van der Waals surface area contributed by atoms with Crippen molar-refractivity contribution in [1.82, 2.24) is 29.9 Å². The third-order valence-corrected chi connectivity index (χ3v) is 6.69. The van der Waals surface area contributed by atoms with Crippen LogP contribution < -0.4 is 14.4 Å². The lowest BCUT2D eigenvalue weighted by atomic mass is 9.93. The highest BCUT2D eigenvalue weighted by atomic mass is 16.6. The average molecular weight is 447 g/mol. The van der Waals surface area contributed by atoms with Crippen molar-refractivity contribution in [2.75, 3.05) is 44.3 Å². The third-order valence-electron chi connectivity index (χ3n) is 6.69. The molecule has 0 radical (unpaired) electrons. The minimum absolute atomic E-state index is 0.0477. The van der Waals surface area contributed by atoms with Gasteiger partial charge in [0.05, 0.1) is 12.4 Å². The molecule has 0 atom stereocenters. The summed E-state index contributed by atoms with van der Waals surface area (Å²) in [6.07, 6.45) is 8.06. The van der Waals surface area contributed by atoms with Gasteiger partial charge in [-0.25, -0.2) is 0 Å². The van der Waals surface area contributed by atoms with Crippen molar-refractivity contribution in [2.24, 2.45) is 5.92 Å². The highest BCUT2D eigenvalue weighted by Crippen LogP contribution is 2.35. The molecule has 1 aromatic carbocycles. The molecule has 1 fully saturated rings. The Labute approximate surface area is 190 Å². The predicted octanol–water partition coefficient (Wildman–Crippen LogP) is 1.82. The van der Waals surface area contributed by atoms with E-state index in [4.69, 9.17) is 9.47 Å². The lowest BCUT2D eigenvalue weighted by Gasteiger charge is -2.36. The van der Waals surface area contributed by atoms with Gasteiger partial charge in [-0.3, -0.25) is 9.78 Å². The van der Waals surface area contributed by atoms with Gasteiger partial charge in [0, 0.05) is 32.1 Å². The Kier molecular flexibility index (Phi) is 5.04. The van der Waals surface area contributed by atoms with E-state index < -0.39 is 0 Å². The van der Waals surface area contributed by atoms with Crippen molar-refractivity contribution in [3.8, 4) is 11.5 Å². The molecule has 0 unspecified atom stereocenters. The zero-order chi connectivity index (χ0) is 22.2. The van der Waals surface area contributed by atoms with Crippen LogP contribution in [0.2, 0.25) is 0 Å². The van der Waals surface area contributed by atoms with Gasteiger partial charge >= 0.3 is 0 Å². The van der Waals surface area contributed by atoms with Gasteiger partial charge in [0.25, 0.3) is 0 Å². The van der Waals surface area contributed by atoms with Gasteiger partial charge in [0.2, 0.25) is 5.91 Å². The zero-order valence-corrected chi connectivity index (χ0v) is 18.3. The average Bonchev–Trinajstić information content (AvgIpc) is 3.37. The number of tetrazole rings is 1. The Morgan fingerprint density at radius 1 is 1.03 bits per heavy atom. The predicted molar refractivity (Wildman–Crippen MR) is 120 cm³/mol. The minimum atomic E-state index is 0.0477. The maximum absolute atomic E-state index is 13.2. The first-order valence-corrected chi connectivity index (χ1v) is 11.4. The number of carbonyl (C=O) groups excluding carboxylic acids is 1. The maximum Gasteiger partial charge on any atom is 0.226 e. The monoisotopic (exact) mass is 447 g/mol. The molecule has 33 heavy (non-hydrogen) atoms. The summed E-state index contributed by atoms with van der Waals surface area (Å²) < 4.78 is 13.0. The molecule has 5 heterocycles. The van der Waals surface area contributed by atoms with E-state index in [1.165, 1.54) is 5.57 Å². The highest BCUT2D eigenvalue weighted by molar-refractivity contribution is 5.81. The van der Waals surface area contributed by atoms with Crippen LogP contribution in [-0.2, 0) is 4.79 Å². The Morgan fingerprint density at radius 3 is 2.70 bits per heavy atom. The van der Waals surface area contributed by atoms with E-state index >= 15 is 0 Å². The fourth-order valence-electron chi connectivity index (χ4n) is 4.87. The Balaban J connectivity index is 1.08. The number of nitrogens with zero attached hydrogens (tertiary/aromatic N) is 7. The van der Waals surface area contributed by atoms with E-state index in [9.17, 15) is 4.79 Å². The number of benzene rings is 1. The Morgan fingerprint density at radius 2 is 1.88 bits per heavy atom. The number of fused-ring (bicyclic) bond motifs is 2. The van der Waals surface area contributed by atoms with Crippen LogP contribution in [0.15, 0.2) is 36.7 Å². The van der Waals surface area contributed by atoms with Gasteiger partial charge in [0.1, 0.15) is 13.2 Å². The molecule has 0 bridgehead atoms. The SMILES string of the molecule is O=C(C1CCN(c2cncc3nnnn23)CC1)N1CC=C(c2ccc3c(c2)OCCO3)CC1. The molecule has 1 saturated heterocycles. The van der Waals surface area contributed by atoms with Gasteiger partial charge in [-0.05, 0) is 53.0 Å². The van der Waals surface area contributed by atoms with E-state index in [-0.39, 0.29) is 11.8 Å². The van der Waals surface area contributed by atoms with E-state index in [0.29, 0.717) is 25.4 Å². The molecule has 0 aliphatic carbocycles. The molecule has 10 heteroatoms. The summed E-state index contributed by atoms with van der Waals surface area (Å²) in [7, 11) is 0. The second kappa shape index (κ2) is 8.34. The van der Waals surface area contributed by atoms with Crippen LogP contribution in [0.3, 0.4) is 0 Å². The number of rotatable bonds is 3. The number of hydrogen-bond acceptors (Lipinski definition) is 8. The second-order valence-electron chi connectivity index (χ2n) is 8.60. The molecule has 3 aromatic rings. The van der Waals surface area contributed by atoms with Gasteiger partial charge < -0.3 is 19.3 Å². The van der Waals surface area contributed by atoms with Crippen LogP contribution in [-0.4, -0.2) is 75.2 Å². The summed E-state index contributed by atoms with van der Waals surface area (Å²) in [6, 6.07) is 6.10. The largest absolute Gasteiger partial charge is 0.486 e. The van der Waals surface area contributed by atoms with E-state index in [0.717, 1.165) is 61.8 Å². The van der Waals surface area contributed by atoms with Crippen LogP contribution in [0.1, 0.15) is 24.8 Å². The first-order valence-electron chi connectivity index (χ1n) is 11.4. The first-order chi connectivity index (χ1) is 16.3. The smallest absolute Gasteiger partial charge is 0.226 e. The number of piperidine rings is 1. The molecule has 0 saturated carbocycles. The number of hydrogen-bond donors (Lipinski definition) is 0. The third kappa shape index (κ3) is 3.75. The Hall–Kier alpha value is -3.69. The van der Waals surface area contributed by atoms with Gasteiger partial charge in [-0.1, -0.05) is 12.1 Å². The van der Waals surface area contributed by atoms with Crippen molar-refractivity contribution in [2.45, 2.75) is 19.3 Å². The minimum Gasteiger partial charge on any atom is -0.486 e. The number of aromatic nitrogens is 5. The summed E-state index contributed by atoms with van der Waals surface area (Å²) in [5.41, 5.74) is 3.03. The quantitative estimate of drug-likeness (QED) is 0.600. The lowest BCUT2D eigenvalue weighted by Crippen LogP contribution is -2.44. The summed E-state index contributed by atoms with van der Waals surface area (Å²) in [5.74, 6) is 2.78. The van der Waals surface area contributed by atoms with Crippen LogP contribution in [0.4, 0.5) is 5.82 Å². The maximum atomic E-state index is 13.2. The second-order valence-corrected chi connectivity index (χ2v) is 8.60. The summed E-state index contributed by atoms with van der Waals surface area (Å²) in [5, 5.41) is 11.7.